The van der Waals surface area contributed by atoms with E-state index in [1.807, 2.05) is 18.2 Å². The summed E-state index contributed by atoms with van der Waals surface area (Å²) in [6.45, 7) is 1.88. The van der Waals surface area contributed by atoms with Crippen LogP contribution in [0.25, 0.3) is 0 Å². The molecule has 1 fully saturated rings. The molecule has 0 spiro atoms. The average Bonchev–Trinajstić information content (AvgIpc) is 2.45. The lowest BCUT2D eigenvalue weighted by atomic mass is 10.0. The summed E-state index contributed by atoms with van der Waals surface area (Å²) in [6.07, 6.45) is 6.02. The van der Waals surface area contributed by atoms with Gasteiger partial charge in [0.15, 0.2) is 6.79 Å². The van der Waals surface area contributed by atoms with Gasteiger partial charge in [-0.25, -0.2) is 0 Å². The number of aliphatic hydroxyl groups is 1. The highest BCUT2D eigenvalue weighted by molar-refractivity contribution is 5.26. The fraction of sp³-hybridized carbons (Fsp3) is 0.556. The van der Waals surface area contributed by atoms with Crippen molar-refractivity contribution in [3.05, 3.63) is 24.0 Å². The molecule has 13 heavy (non-hydrogen) atoms. The minimum Gasteiger partial charge on any atom is -0.467 e. The van der Waals surface area contributed by atoms with Crippen LogP contribution in [0.1, 0.15) is 13.3 Å². The molecule has 4 nitrogen and oxygen atoms in total. The summed E-state index contributed by atoms with van der Waals surface area (Å²) in [7, 11) is 0. The van der Waals surface area contributed by atoms with E-state index < -0.39 is 12.0 Å². The predicted molar refractivity (Wildman–Crippen MR) is 46.4 cm³/mol. The van der Waals surface area contributed by atoms with E-state index in [1.165, 1.54) is 0 Å². The molecule has 0 amide bonds. The molecule has 72 valence electrons. The Morgan fingerprint density at radius 2 is 2.54 bits per heavy atom. The molecule has 2 N–H and O–H groups in total. The molecule has 2 unspecified atom stereocenters. The van der Waals surface area contributed by atoms with E-state index in [1.54, 1.807) is 6.92 Å². The van der Waals surface area contributed by atoms with Crippen LogP contribution in [0.5, 0.6) is 0 Å². The number of ether oxygens (including phenoxy) is 2. The van der Waals surface area contributed by atoms with E-state index in [0.717, 1.165) is 12.2 Å². The van der Waals surface area contributed by atoms with Crippen molar-refractivity contribution >= 4 is 0 Å². The third-order valence-corrected chi connectivity index (χ3v) is 2.08. The summed E-state index contributed by atoms with van der Waals surface area (Å²) < 4.78 is 10.7. The lowest BCUT2D eigenvalue weighted by molar-refractivity contribution is -0.0285. The van der Waals surface area contributed by atoms with Crippen LogP contribution in [-0.2, 0) is 9.47 Å². The monoisotopic (exact) mass is 183 g/mol. The predicted octanol–water partition coefficient (Wildman–Crippen LogP) is 0.459. The summed E-state index contributed by atoms with van der Waals surface area (Å²) >= 11 is 0. The second-order valence-electron chi connectivity index (χ2n) is 3.17. The van der Waals surface area contributed by atoms with Crippen molar-refractivity contribution in [1.82, 2.24) is 5.32 Å². The summed E-state index contributed by atoms with van der Waals surface area (Å²) in [5.41, 5.74) is -0.730. The third kappa shape index (κ3) is 1.48. The van der Waals surface area contributed by atoms with Gasteiger partial charge in [0.2, 0.25) is 5.72 Å². The molecular formula is C9H13NO3. The maximum Gasteiger partial charge on any atom is 0.202 e. The van der Waals surface area contributed by atoms with Crippen molar-refractivity contribution in [3.63, 3.8) is 0 Å². The zero-order chi connectivity index (χ0) is 9.31. The van der Waals surface area contributed by atoms with Crippen molar-refractivity contribution in [2.24, 2.45) is 0 Å². The molecule has 2 rings (SSSR count). The maximum absolute atomic E-state index is 9.24. The molecule has 2 aliphatic rings. The first-order chi connectivity index (χ1) is 6.23. The Hall–Kier alpha value is -0.840. The van der Waals surface area contributed by atoms with Crippen LogP contribution in [0.3, 0.4) is 0 Å². The van der Waals surface area contributed by atoms with Gasteiger partial charge in [-0.2, -0.15) is 0 Å². The van der Waals surface area contributed by atoms with E-state index in [-0.39, 0.29) is 6.79 Å². The van der Waals surface area contributed by atoms with Crippen molar-refractivity contribution in [3.8, 4) is 0 Å². The van der Waals surface area contributed by atoms with Crippen molar-refractivity contribution in [1.29, 1.82) is 0 Å². The first-order valence-corrected chi connectivity index (χ1v) is 4.34. The molecule has 4 heteroatoms. The molecule has 0 aromatic heterocycles. The van der Waals surface area contributed by atoms with E-state index in [4.69, 9.17) is 9.47 Å². The topological polar surface area (TPSA) is 50.7 Å². The van der Waals surface area contributed by atoms with Crippen LogP contribution < -0.4 is 5.32 Å². The van der Waals surface area contributed by atoms with Gasteiger partial charge in [-0.15, -0.1) is 0 Å². The maximum atomic E-state index is 9.24. The average molecular weight is 183 g/mol. The number of rotatable bonds is 2. The zero-order valence-corrected chi connectivity index (χ0v) is 7.49. The quantitative estimate of drug-likeness (QED) is 0.482. The van der Waals surface area contributed by atoms with E-state index >= 15 is 0 Å². The van der Waals surface area contributed by atoms with Gasteiger partial charge in [-0.1, -0.05) is 6.08 Å². The second kappa shape index (κ2) is 3.14. The van der Waals surface area contributed by atoms with Gasteiger partial charge in [-0.3, -0.25) is 5.32 Å². The largest absolute Gasteiger partial charge is 0.467 e. The number of nitrogens with one attached hydrogen (secondary N) is 1. The summed E-state index contributed by atoms with van der Waals surface area (Å²) in [5.74, 6) is 0.746. The molecule has 0 aromatic carbocycles. The van der Waals surface area contributed by atoms with E-state index in [9.17, 15) is 5.11 Å². The molecule has 1 heterocycles. The SMILES string of the molecule is CC(O)NC12C=CCC=C1OCO2. The Labute approximate surface area is 76.8 Å². The van der Waals surface area contributed by atoms with Crippen LogP contribution in [0.4, 0.5) is 0 Å². The highest BCUT2D eigenvalue weighted by atomic mass is 16.7. The van der Waals surface area contributed by atoms with Gasteiger partial charge in [0, 0.05) is 0 Å². The van der Waals surface area contributed by atoms with Gasteiger partial charge in [-0.05, 0) is 25.5 Å². The zero-order valence-electron chi connectivity index (χ0n) is 7.49. The van der Waals surface area contributed by atoms with Gasteiger partial charge in [0.05, 0.1) is 0 Å². The minimum atomic E-state index is -0.730. The van der Waals surface area contributed by atoms with E-state index in [0.29, 0.717) is 0 Å². The lowest BCUT2D eigenvalue weighted by Crippen LogP contribution is -2.49. The second-order valence-corrected chi connectivity index (χ2v) is 3.17. The first kappa shape index (κ1) is 8.74. The number of fused-ring (bicyclic) bond motifs is 1. The minimum absolute atomic E-state index is 0.232. The highest BCUT2D eigenvalue weighted by Gasteiger charge is 2.41. The molecule has 1 aliphatic heterocycles. The van der Waals surface area contributed by atoms with E-state index in [2.05, 4.69) is 5.32 Å². The van der Waals surface area contributed by atoms with Crippen LogP contribution in [0.2, 0.25) is 0 Å². The summed E-state index contributed by atoms with van der Waals surface area (Å²) in [5, 5.41) is 12.1. The molecule has 0 bridgehead atoms. The summed E-state index contributed by atoms with van der Waals surface area (Å²) in [6, 6.07) is 0. The number of hydrogen-bond donors (Lipinski definition) is 2. The fourth-order valence-corrected chi connectivity index (χ4v) is 1.59. The normalized spacial score (nSPS) is 33.5. The van der Waals surface area contributed by atoms with Crippen molar-refractivity contribution in [2.45, 2.75) is 25.3 Å². The van der Waals surface area contributed by atoms with Gasteiger partial charge < -0.3 is 14.6 Å². The van der Waals surface area contributed by atoms with Crippen molar-refractivity contribution in [2.75, 3.05) is 6.79 Å². The van der Waals surface area contributed by atoms with Crippen molar-refractivity contribution < 1.29 is 14.6 Å². The molecule has 0 saturated carbocycles. The third-order valence-electron chi connectivity index (χ3n) is 2.08. The number of hydrogen-bond acceptors (Lipinski definition) is 4. The Morgan fingerprint density at radius 1 is 1.69 bits per heavy atom. The number of allylic oxidation sites excluding steroid dienone is 2. The standard InChI is InChI=1S/C9H13NO3/c1-7(11)10-9-5-3-2-4-8(9)12-6-13-9/h3-5,7,10-11H,2,6H2,1H3. The molecule has 1 saturated heterocycles. The molecule has 0 aromatic rings. The highest BCUT2D eigenvalue weighted by Crippen LogP contribution is 2.31. The van der Waals surface area contributed by atoms with Crippen LogP contribution in [0, 0.1) is 0 Å². The Bertz CT molecular complexity index is 260. The van der Waals surface area contributed by atoms with Gasteiger partial charge in [0.25, 0.3) is 0 Å². The lowest BCUT2D eigenvalue weighted by Gasteiger charge is -2.28. The molecule has 1 aliphatic carbocycles. The Balaban J connectivity index is 2.21. The van der Waals surface area contributed by atoms with Crippen LogP contribution >= 0.6 is 0 Å². The summed E-state index contributed by atoms with van der Waals surface area (Å²) in [4.78, 5) is 0. The Morgan fingerprint density at radius 3 is 3.31 bits per heavy atom. The first-order valence-electron chi connectivity index (χ1n) is 4.34. The smallest absolute Gasteiger partial charge is 0.202 e. The fourth-order valence-electron chi connectivity index (χ4n) is 1.59. The number of aliphatic hydroxyl groups excluding tert-OH is 1. The van der Waals surface area contributed by atoms with Crippen LogP contribution in [0.15, 0.2) is 24.0 Å². The molecule has 0 radical (unpaired) electrons. The Kier molecular flexibility index (Phi) is 2.11. The molecule has 2 atom stereocenters. The van der Waals surface area contributed by atoms with Gasteiger partial charge >= 0.3 is 0 Å². The molecular weight excluding hydrogens is 170 g/mol. The van der Waals surface area contributed by atoms with Gasteiger partial charge in [0.1, 0.15) is 12.0 Å². The van der Waals surface area contributed by atoms with Crippen LogP contribution in [-0.4, -0.2) is 23.9 Å².